The lowest BCUT2D eigenvalue weighted by atomic mass is 9.75. The summed E-state index contributed by atoms with van der Waals surface area (Å²) in [4.78, 5) is 49.4. The molecular weight excluding hydrogens is 500 g/mol. The van der Waals surface area contributed by atoms with Crippen LogP contribution in [0.2, 0.25) is 0 Å². The van der Waals surface area contributed by atoms with Crippen molar-refractivity contribution < 1.29 is 14.4 Å². The van der Waals surface area contributed by atoms with Gasteiger partial charge < -0.3 is 21.4 Å². The molecule has 196 valence electrons. The summed E-state index contributed by atoms with van der Waals surface area (Å²) in [5.74, 6) is -0.290. The Kier molecular flexibility index (Phi) is 7.24. The second kappa shape index (κ2) is 10.7. The summed E-state index contributed by atoms with van der Waals surface area (Å²) in [6, 6.07) is 9.27. The molecule has 0 aliphatic heterocycles. The average molecular weight is 531 g/mol. The molecule has 1 aliphatic carbocycles. The van der Waals surface area contributed by atoms with E-state index in [0.29, 0.717) is 17.9 Å². The van der Waals surface area contributed by atoms with E-state index in [-0.39, 0.29) is 29.3 Å². The maximum Gasteiger partial charge on any atom is 0.276 e. The van der Waals surface area contributed by atoms with Gasteiger partial charge in [-0.3, -0.25) is 19.4 Å². The van der Waals surface area contributed by atoms with E-state index in [1.54, 1.807) is 17.8 Å². The zero-order chi connectivity index (χ0) is 26.7. The highest BCUT2D eigenvalue weighted by Crippen LogP contribution is 2.37. The summed E-state index contributed by atoms with van der Waals surface area (Å²) >= 11 is 1.37. The van der Waals surface area contributed by atoms with E-state index in [1.807, 2.05) is 37.3 Å². The third kappa shape index (κ3) is 5.45. The number of thiazole rings is 1. The predicted octanol–water partition coefficient (Wildman–Crippen LogP) is 5.27. The van der Waals surface area contributed by atoms with Gasteiger partial charge in [0, 0.05) is 57.3 Å². The van der Waals surface area contributed by atoms with Gasteiger partial charge in [0.2, 0.25) is 11.8 Å². The van der Waals surface area contributed by atoms with Gasteiger partial charge in [0.15, 0.2) is 0 Å². The van der Waals surface area contributed by atoms with E-state index < -0.39 is 5.91 Å². The second-order valence-electron chi connectivity index (χ2n) is 10.0. The zero-order valence-corrected chi connectivity index (χ0v) is 22.0. The number of primary amides is 1. The second-order valence-corrected chi connectivity index (χ2v) is 10.9. The van der Waals surface area contributed by atoms with E-state index in [0.717, 1.165) is 52.7 Å². The van der Waals surface area contributed by atoms with Crippen LogP contribution >= 0.6 is 11.3 Å². The Morgan fingerprint density at radius 3 is 2.58 bits per heavy atom. The molecular formula is C28H30N6O3S. The number of anilines is 2. The number of benzene rings is 1. The van der Waals surface area contributed by atoms with E-state index >= 15 is 0 Å². The molecule has 5 N–H and O–H groups in total. The summed E-state index contributed by atoms with van der Waals surface area (Å²) in [6.07, 6.45) is 8.92. The number of aryl methyl sites for hydroxylation is 1. The van der Waals surface area contributed by atoms with Crippen molar-refractivity contribution in [2.45, 2.75) is 51.9 Å². The topological polar surface area (TPSA) is 143 Å². The molecule has 0 saturated heterocycles. The molecule has 0 bridgehead atoms. The lowest BCUT2D eigenvalue weighted by Crippen LogP contribution is -2.35. The van der Waals surface area contributed by atoms with Crippen molar-refractivity contribution in [1.29, 1.82) is 0 Å². The number of carbonyl (C=O) groups excluding carboxylic acids is 3. The SMILES string of the molecule is CC1(C(=O)Nc2ccc3c(CCC(N)=O)c(NC(=O)c4csc(-c5ccncc5)n4)[nH]c3c2)CCCCC1. The number of aromatic nitrogens is 3. The summed E-state index contributed by atoms with van der Waals surface area (Å²) in [5.41, 5.74) is 8.41. The number of nitrogens with zero attached hydrogens (tertiary/aromatic N) is 2. The maximum absolute atomic E-state index is 13.1. The van der Waals surface area contributed by atoms with Gasteiger partial charge in [0.25, 0.3) is 5.91 Å². The first kappa shape index (κ1) is 25.6. The average Bonchev–Trinajstić information content (AvgIpc) is 3.53. The van der Waals surface area contributed by atoms with E-state index in [9.17, 15) is 14.4 Å². The molecule has 0 atom stereocenters. The fraction of sp³-hybridized carbons (Fsp3) is 0.321. The van der Waals surface area contributed by atoms with Gasteiger partial charge in [-0.2, -0.15) is 0 Å². The first-order valence-electron chi connectivity index (χ1n) is 12.7. The Bertz CT molecular complexity index is 1490. The number of pyridine rings is 1. The van der Waals surface area contributed by atoms with Crippen LogP contribution < -0.4 is 16.4 Å². The van der Waals surface area contributed by atoms with Gasteiger partial charge in [-0.05, 0) is 43.5 Å². The molecule has 0 radical (unpaired) electrons. The summed E-state index contributed by atoms with van der Waals surface area (Å²) in [5, 5.41) is 9.26. The van der Waals surface area contributed by atoms with Crippen LogP contribution in [0.25, 0.3) is 21.5 Å². The van der Waals surface area contributed by atoms with Crippen molar-refractivity contribution >= 4 is 51.5 Å². The van der Waals surface area contributed by atoms with Gasteiger partial charge in [0.05, 0.1) is 0 Å². The monoisotopic (exact) mass is 530 g/mol. The number of fused-ring (bicyclic) bond motifs is 1. The van der Waals surface area contributed by atoms with E-state index in [1.165, 1.54) is 17.8 Å². The summed E-state index contributed by atoms with van der Waals surface area (Å²) < 4.78 is 0. The highest BCUT2D eigenvalue weighted by atomic mass is 32.1. The van der Waals surface area contributed by atoms with Crippen LogP contribution in [0, 0.1) is 5.41 Å². The number of nitrogens with two attached hydrogens (primary N) is 1. The lowest BCUT2D eigenvalue weighted by molar-refractivity contribution is -0.126. The minimum atomic E-state index is -0.428. The Balaban J connectivity index is 1.40. The van der Waals surface area contributed by atoms with Crippen LogP contribution in [0.4, 0.5) is 11.5 Å². The molecule has 9 nitrogen and oxygen atoms in total. The predicted molar refractivity (Wildman–Crippen MR) is 149 cm³/mol. The number of hydrogen-bond acceptors (Lipinski definition) is 6. The molecule has 1 aromatic carbocycles. The molecule has 38 heavy (non-hydrogen) atoms. The highest BCUT2D eigenvalue weighted by molar-refractivity contribution is 7.13. The first-order valence-corrected chi connectivity index (χ1v) is 13.6. The number of carbonyl (C=O) groups is 3. The van der Waals surface area contributed by atoms with Crippen LogP contribution in [0.5, 0.6) is 0 Å². The van der Waals surface area contributed by atoms with Crippen LogP contribution in [0.3, 0.4) is 0 Å². The molecule has 4 aromatic rings. The molecule has 1 fully saturated rings. The number of aromatic amines is 1. The number of H-pyrrole nitrogens is 1. The summed E-state index contributed by atoms with van der Waals surface area (Å²) in [6.45, 7) is 2.03. The third-order valence-electron chi connectivity index (χ3n) is 7.19. The number of rotatable bonds is 8. The van der Waals surface area contributed by atoms with Crippen molar-refractivity contribution in [3.63, 3.8) is 0 Å². The fourth-order valence-electron chi connectivity index (χ4n) is 4.97. The minimum Gasteiger partial charge on any atom is -0.370 e. The minimum absolute atomic E-state index is 0.0270. The lowest BCUT2D eigenvalue weighted by Gasteiger charge is -2.32. The van der Waals surface area contributed by atoms with Crippen molar-refractivity contribution in [2.24, 2.45) is 11.1 Å². The van der Waals surface area contributed by atoms with Crippen LogP contribution in [0.15, 0.2) is 48.1 Å². The van der Waals surface area contributed by atoms with Crippen LogP contribution in [-0.2, 0) is 16.0 Å². The van der Waals surface area contributed by atoms with Gasteiger partial charge in [-0.1, -0.05) is 32.3 Å². The number of hydrogen-bond donors (Lipinski definition) is 4. The quantitative estimate of drug-likeness (QED) is 0.246. The van der Waals surface area contributed by atoms with Crippen molar-refractivity contribution in [3.8, 4) is 10.6 Å². The van der Waals surface area contributed by atoms with Gasteiger partial charge in [-0.15, -0.1) is 11.3 Å². The van der Waals surface area contributed by atoms with Gasteiger partial charge in [0.1, 0.15) is 16.5 Å². The fourth-order valence-corrected chi connectivity index (χ4v) is 5.78. The molecule has 0 unspecified atom stereocenters. The van der Waals surface area contributed by atoms with Gasteiger partial charge >= 0.3 is 0 Å². The van der Waals surface area contributed by atoms with Crippen molar-refractivity contribution in [2.75, 3.05) is 10.6 Å². The zero-order valence-electron chi connectivity index (χ0n) is 21.2. The summed E-state index contributed by atoms with van der Waals surface area (Å²) in [7, 11) is 0. The normalized spacial score (nSPS) is 14.8. The molecule has 10 heteroatoms. The maximum atomic E-state index is 13.1. The molecule has 3 amide bonds. The van der Waals surface area contributed by atoms with Crippen molar-refractivity contribution in [1.82, 2.24) is 15.0 Å². The number of amides is 3. The van der Waals surface area contributed by atoms with Crippen LogP contribution in [0.1, 0.15) is 61.5 Å². The third-order valence-corrected chi connectivity index (χ3v) is 8.08. The van der Waals surface area contributed by atoms with Crippen molar-refractivity contribution in [3.05, 3.63) is 59.4 Å². The largest absolute Gasteiger partial charge is 0.370 e. The van der Waals surface area contributed by atoms with E-state index in [4.69, 9.17) is 5.73 Å². The molecule has 1 aliphatic rings. The Hall–Kier alpha value is -4.05. The Morgan fingerprint density at radius 2 is 1.84 bits per heavy atom. The standard InChI is InChI=1S/C28H30N6O3S/c1-28(11-3-2-4-12-28)27(37)31-18-5-6-19-20(7-8-23(29)35)24(32-21(19)15-18)34-25(36)22-16-38-26(33-22)17-9-13-30-14-10-17/h5-6,9-10,13-16,32H,2-4,7-8,11-12H2,1H3,(H2,29,35)(H,31,37)(H,34,36). The molecule has 3 heterocycles. The molecule has 1 saturated carbocycles. The first-order chi connectivity index (χ1) is 18.3. The Labute approximate surface area is 224 Å². The highest BCUT2D eigenvalue weighted by Gasteiger charge is 2.34. The Morgan fingerprint density at radius 1 is 1.08 bits per heavy atom. The number of nitrogens with one attached hydrogen (secondary N) is 3. The van der Waals surface area contributed by atoms with E-state index in [2.05, 4.69) is 25.6 Å². The molecule has 3 aromatic heterocycles. The molecule has 5 rings (SSSR count). The van der Waals surface area contributed by atoms with Crippen LogP contribution in [-0.4, -0.2) is 32.7 Å². The molecule has 0 spiro atoms. The van der Waals surface area contributed by atoms with Gasteiger partial charge in [-0.25, -0.2) is 4.98 Å². The smallest absolute Gasteiger partial charge is 0.276 e.